The van der Waals surface area contributed by atoms with E-state index in [0.717, 1.165) is 35.7 Å². The van der Waals surface area contributed by atoms with Gasteiger partial charge >= 0.3 is 0 Å². The lowest BCUT2D eigenvalue weighted by atomic mass is 10.0. The molecule has 2 heterocycles. The van der Waals surface area contributed by atoms with Crippen LogP contribution in [0.4, 0.5) is 0 Å². The molecule has 0 aliphatic carbocycles. The molecule has 1 aromatic carbocycles. The number of nitrogens with zero attached hydrogens (tertiary/aromatic N) is 2. The zero-order valence-electron chi connectivity index (χ0n) is 10.7. The molecule has 0 amide bonds. The molecule has 1 unspecified atom stereocenters. The summed E-state index contributed by atoms with van der Waals surface area (Å²) in [7, 11) is 1.93. The standard InChI is InChI=1S/C14H17N3O/c1-9-7-12(17(2)16-9)14(15)11-3-4-13-10(8-11)5-6-18-13/h3-4,7-8,14H,5-6,15H2,1-2H3. The predicted octanol–water partition coefficient (Wildman–Crippen LogP) is 1.71. The molecule has 1 aliphatic heterocycles. The average molecular weight is 243 g/mol. The van der Waals surface area contributed by atoms with E-state index in [1.54, 1.807) is 0 Å². The molecule has 0 fully saturated rings. The second-order valence-corrected chi connectivity index (χ2v) is 4.78. The van der Waals surface area contributed by atoms with Crippen LogP contribution in [0.25, 0.3) is 0 Å². The number of benzene rings is 1. The molecule has 4 heteroatoms. The van der Waals surface area contributed by atoms with Crippen LogP contribution in [-0.2, 0) is 13.5 Å². The molecular formula is C14H17N3O. The molecule has 2 aromatic rings. The third-order valence-corrected chi connectivity index (χ3v) is 3.43. The Balaban J connectivity index is 1.97. The SMILES string of the molecule is Cc1cc(C(N)c2ccc3c(c2)CCO3)n(C)n1. The molecule has 18 heavy (non-hydrogen) atoms. The highest BCUT2D eigenvalue weighted by atomic mass is 16.5. The van der Waals surface area contributed by atoms with Gasteiger partial charge in [-0.1, -0.05) is 12.1 Å². The monoisotopic (exact) mass is 243 g/mol. The number of aryl methyl sites for hydroxylation is 2. The van der Waals surface area contributed by atoms with Gasteiger partial charge in [0.2, 0.25) is 0 Å². The van der Waals surface area contributed by atoms with E-state index in [1.165, 1.54) is 5.56 Å². The van der Waals surface area contributed by atoms with E-state index in [9.17, 15) is 0 Å². The summed E-state index contributed by atoms with van der Waals surface area (Å²) in [5, 5.41) is 4.34. The molecule has 4 nitrogen and oxygen atoms in total. The van der Waals surface area contributed by atoms with E-state index in [2.05, 4.69) is 11.2 Å². The highest BCUT2D eigenvalue weighted by Gasteiger charge is 2.18. The van der Waals surface area contributed by atoms with E-state index in [1.807, 2.05) is 36.9 Å². The van der Waals surface area contributed by atoms with Crippen LogP contribution in [0.5, 0.6) is 5.75 Å². The Kier molecular flexibility index (Phi) is 2.59. The number of fused-ring (bicyclic) bond motifs is 1. The first-order chi connectivity index (χ1) is 8.65. The third-order valence-electron chi connectivity index (χ3n) is 3.43. The smallest absolute Gasteiger partial charge is 0.122 e. The molecule has 94 valence electrons. The summed E-state index contributed by atoms with van der Waals surface area (Å²) < 4.78 is 7.36. The Morgan fingerprint density at radius 1 is 1.39 bits per heavy atom. The van der Waals surface area contributed by atoms with Gasteiger partial charge in [-0.25, -0.2) is 0 Å². The summed E-state index contributed by atoms with van der Waals surface area (Å²) >= 11 is 0. The minimum atomic E-state index is -0.137. The largest absolute Gasteiger partial charge is 0.493 e. The maximum atomic E-state index is 6.32. The molecule has 0 radical (unpaired) electrons. The van der Waals surface area contributed by atoms with Gasteiger partial charge in [0, 0.05) is 13.5 Å². The zero-order valence-corrected chi connectivity index (χ0v) is 10.7. The van der Waals surface area contributed by atoms with Crippen molar-refractivity contribution in [2.45, 2.75) is 19.4 Å². The van der Waals surface area contributed by atoms with Crippen molar-refractivity contribution in [1.82, 2.24) is 9.78 Å². The van der Waals surface area contributed by atoms with E-state index in [0.29, 0.717) is 0 Å². The minimum absolute atomic E-state index is 0.137. The second kappa shape index (κ2) is 4.14. The fourth-order valence-corrected chi connectivity index (χ4v) is 2.49. The zero-order chi connectivity index (χ0) is 12.7. The van der Waals surface area contributed by atoms with Gasteiger partial charge < -0.3 is 10.5 Å². The van der Waals surface area contributed by atoms with Gasteiger partial charge in [-0.2, -0.15) is 5.10 Å². The summed E-state index contributed by atoms with van der Waals surface area (Å²) in [5.74, 6) is 0.993. The Bertz CT molecular complexity index is 589. The number of nitrogens with two attached hydrogens (primary N) is 1. The number of ether oxygens (including phenoxy) is 1. The summed E-state index contributed by atoms with van der Waals surface area (Å²) in [6, 6.07) is 8.10. The lowest BCUT2D eigenvalue weighted by Gasteiger charge is -2.13. The van der Waals surface area contributed by atoms with Crippen LogP contribution in [0.15, 0.2) is 24.3 Å². The molecular weight excluding hydrogens is 226 g/mol. The number of rotatable bonds is 2. The summed E-state index contributed by atoms with van der Waals surface area (Å²) in [6.45, 7) is 2.76. The lowest BCUT2D eigenvalue weighted by Crippen LogP contribution is -2.16. The van der Waals surface area contributed by atoms with Crippen LogP contribution < -0.4 is 10.5 Å². The van der Waals surface area contributed by atoms with Gasteiger partial charge in [-0.15, -0.1) is 0 Å². The van der Waals surface area contributed by atoms with Gasteiger partial charge in [0.05, 0.1) is 24.0 Å². The molecule has 1 atom stereocenters. The predicted molar refractivity (Wildman–Crippen MR) is 69.6 cm³/mol. The van der Waals surface area contributed by atoms with Crippen LogP contribution in [0.2, 0.25) is 0 Å². The first kappa shape index (κ1) is 11.3. The van der Waals surface area contributed by atoms with Crippen LogP contribution >= 0.6 is 0 Å². The molecule has 0 saturated heterocycles. The maximum Gasteiger partial charge on any atom is 0.122 e. The first-order valence-corrected chi connectivity index (χ1v) is 6.17. The van der Waals surface area contributed by atoms with E-state index in [-0.39, 0.29) is 6.04 Å². The Labute approximate surface area is 106 Å². The highest BCUT2D eigenvalue weighted by Crippen LogP contribution is 2.29. The van der Waals surface area contributed by atoms with Crippen molar-refractivity contribution in [2.75, 3.05) is 6.61 Å². The summed E-state index contributed by atoms with van der Waals surface area (Å²) in [6.07, 6.45) is 0.973. The quantitative estimate of drug-likeness (QED) is 0.873. The molecule has 0 bridgehead atoms. The molecule has 0 saturated carbocycles. The fourth-order valence-electron chi connectivity index (χ4n) is 2.49. The fraction of sp³-hybridized carbons (Fsp3) is 0.357. The van der Waals surface area contributed by atoms with E-state index >= 15 is 0 Å². The van der Waals surface area contributed by atoms with Gasteiger partial charge in [-0.05, 0) is 30.2 Å². The van der Waals surface area contributed by atoms with Gasteiger partial charge in [-0.3, -0.25) is 4.68 Å². The lowest BCUT2D eigenvalue weighted by molar-refractivity contribution is 0.357. The van der Waals surface area contributed by atoms with Gasteiger partial charge in [0.15, 0.2) is 0 Å². The average Bonchev–Trinajstić information content (AvgIpc) is 2.93. The van der Waals surface area contributed by atoms with E-state index < -0.39 is 0 Å². The van der Waals surface area contributed by atoms with Crippen molar-refractivity contribution in [1.29, 1.82) is 0 Å². The summed E-state index contributed by atoms with van der Waals surface area (Å²) in [5.41, 5.74) is 10.7. The van der Waals surface area contributed by atoms with Crippen molar-refractivity contribution in [3.8, 4) is 5.75 Å². The number of aromatic nitrogens is 2. The molecule has 1 aliphatic rings. The molecule has 2 N–H and O–H groups in total. The van der Waals surface area contributed by atoms with Gasteiger partial charge in [0.25, 0.3) is 0 Å². The topological polar surface area (TPSA) is 53.1 Å². The number of hydrogen-bond donors (Lipinski definition) is 1. The second-order valence-electron chi connectivity index (χ2n) is 4.78. The highest BCUT2D eigenvalue weighted by molar-refractivity contribution is 5.42. The maximum absolute atomic E-state index is 6.32. The Morgan fingerprint density at radius 2 is 2.22 bits per heavy atom. The van der Waals surface area contributed by atoms with Crippen LogP contribution in [0.3, 0.4) is 0 Å². The van der Waals surface area contributed by atoms with Crippen molar-refractivity contribution in [2.24, 2.45) is 12.8 Å². The van der Waals surface area contributed by atoms with Crippen LogP contribution in [0, 0.1) is 6.92 Å². The van der Waals surface area contributed by atoms with Crippen LogP contribution in [0.1, 0.15) is 28.6 Å². The van der Waals surface area contributed by atoms with E-state index in [4.69, 9.17) is 10.5 Å². The van der Waals surface area contributed by atoms with Crippen LogP contribution in [-0.4, -0.2) is 16.4 Å². The first-order valence-electron chi connectivity index (χ1n) is 6.17. The third kappa shape index (κ3) is 1.78. The number of hydrogen-bond acceptors (Lipinski definition) is 3. The van der Waals surface area contributed by atoms with Crippen molar-refractivity contribution < 1.29 is 4.74 Å². The molecule has 3 rings (SSSR count). The van der Waals surface area contributed by atoms with Crippen molar-refractivity contribution >= 4 is 0 Å². The van der Waals surface area contributed by atoms with Crippen molar-refractivity contribution in [3.63, 3.8) is 0 Å². The van der Waals surface area contributed by atoms with Crippen molar-refractivity contribution in [3.05, 3.63) is 46.8 Å². The molecule has 0 spiro atoms. The Hall–Kier alpha value is -1.81. The summed E-state index contributed by atoms with van der Waals surface area (Å²) in [4.78, 5) is 0. The Morgan fingerprint density at radius 3 is 2.94 bits per heavy atom. The van der Waals surface area contributed by atoms with Gasteiger partial charge in [0.1, 0.15) is 5.75 Å². The minimum Gasteiger partial charge on any atom is -0.493 e. The molecule has 1 aromatic heterocycles. The normalized spacial score (nSPS) is 15.3.